The van der Waals surface area contributed by atoms with E-state index in [1.807, 2.05) is 12.1 Å². The molecule has 3 heteroatoms. The number of aromatic nitrogens is 1. The highest BCUT2D eigenvalue weighted by molar-refractivity contribution is 9.10. The van der Waals surface area contributed by atoms with Crippen LogP contribution in [0.4, 0.5) is 0 Å². The Bertz CT molecular complexity index is 317. The zero-order valence-corrected chi connectivity index (χ0v) is 11.0. The van der Waals surface area contributed by atoms with Crippen LogP contribution in [0.1, 0.15) is 50.3 Å². The molecule has 2 rings (SSSR count). The minimum atomic E-state index is -0.383. The molecule has 1 aromatic heterocycles. The summed E-state index contributed by atoms with van der Waals surface area (Å²) in [6, 6.07) is 3.86. The monoisotopic (exact) mass is 283 g/mol. The average Bonchev–Trinajstić information content (AvgIpc) is 2.57. The maximum Gasteiger partial charge on any atom is 0.0987 e. The smallest absolute Gasteiger partial charge is 0.0987 e. The molecule has 0 amide bonds. The second-order valence-electron chi connectivity index (χ2n) is 4.60. The van der Waals surface area contributed by atoms with E-state index in [0.29, 0.717) is 5.92 Å². The molecule has 1 saturated carbocycles. The average molecular weight is 284 g/mol. The molecule has 1 aromatic rings. The van der Waals surface area contributed by atoms with E-state index in [1.54, 1.807) is 6.20 Å². The number of nitrogens with zero attached hydrogens (tertiary/aromatic N) is 1. The summed E-state index contributed by atoms with van der Waals surface area (Å²) in [4.78, 5) is 4.29. The zero-order valence-electron chi connectivity index (χ0n) is 9.40. The first kappa shape index (κ1) is 12.1. The molecule has 2 nitrogen and oxygen atoms in total. The van der Waals surface area contributed by atoms with Crippen molar-refractivity contribution in [2.24, 2.45) is 5.92 Å². The van der Waals surface area contributed by atoms with Gasteiger partial charge >= 0.3 is 0 Å². The molecule has 0 spiro atoms. The fourth-order valence-electron chi connectivity index (χ4n) is 2.43. The molecule has 1 heterocycles. The minimum absolute atomic E-state index is 0.383. The van der Waals surface area contributed by atoms with Crippen LogP contribution in [0, 0.1) is 5.92 Å². The lowest BCUT2D eigenvalue weighted by Gasteiger charge is -2.20. The van der Waals surface area contributed by atoms with E-state index < -0.39 is 0 Å². The quantitative estimate of drug-likeness (QED) is 0.837. The maximum absolute atomic E-state index is 10.3. The van der Waals surface area contributed by atoms with Gasteiger partial charge in [0.05, 0.1) is 11.8 Å². The number of halogens is 1. The van der Waals surface area contributed by atoms with Crippen LogP contribution in [0.2, 0.25) is 0 Å². The lowest BCUT2D eigenvalue weighted by Crippen LogP contribution is -2.13. The van der Waals surface area contributed by atoms with Crippen molar-refractivity contribution in [1.29, 1.82) is 0 Å². The van der Waals surface area contributed by atoms with Gasteiger partial charge < -0.3 is 5.11 Å². The van der Waals surface area contributed by atoms with Gasteiger partial charge in [0.2, 0.25) is 0 Å². The molecular weight excluding hydrogens is 266 g/mol. The number of rotatable bonds is 2. The number of aliphatic hydroxyl groups excluding tert-OH is 1. The molecule has 0 radical (unpaired) electrons. The van der Waals surface area contributed by atoms with Gasteiger partial charge in [-0.05, 0) is 46.8 Å². The van der Waals surface area contributed by atoms with Crippen molar-refractivity contribution in [3.05, 3.63) is 28.5 Å². The van der Waals surface area contributed by atoms with Crippen LogP contribution in [-0.4, -0.2) is 10.1 Å². The Morgan fingerprint density at radius 3 is 2.44 bits per heavy atom. The third-order valence-corrected chi connectivity index (χ3v) is 3.87. The van der Waals surface area contributed by atoms with Gasteiger partial charge in [0, 0.05) is 10.7 Å². The fourth-order valence-corrected chi connectivity index (χ4v) is 2.66. The first-order valence-electron chi connectivity index (χ1n) is 6.07. The second kappa shape index (κ2) is 5.78. The summed E-state index contributed by atoms with van der Waals surface area (Å²) < 4.78 is 0.962. The topological polar surface area (TPSA) is 33.1 Å². The molecule has 0 bridgehead atoms. The van der Waals surface area contributed by atoms with Crippen molar-refractivity contribution in [1.82, 2.24) is 4.98 Å². The first-order chi connectivity index (χ1) is 7.77. The van der Waals surface area contributed by atoms with Crippen molar-refractivity contribution in [3.8, 4) is 0 Å². The van der Waals surface area contributed by atoms with Crippen LogP contribution in [0.25, 0.3) is 0 Å². The normalized spacial score (nSPS) is 20.4. The van der Waals surface area contributed by atoms with Gasteiger partial charge in [0.15, 0.2) is 0 Å². The van der Waals surface area contributed by atoms with E-state index in [0.717, 1.165) is 23.0 Å². The standard InChI is InChI=1S/C13H18BrNO/c14-11-7-8-12(15-9-11)13(16)10-5-3-1-2-4-6-10/h7-10,13,16H,1-6H2. The Balaban J connectivity index is 2.04. The molecule has 1 fully saturated rings. The van der Waals surface area contributed by atoms with Crippen molar-refractivity contribution in [2.45, 2.75) is 44.6 Å². The molecule has 1 aliphatic carbocycles. The fraction of sp³-hybridized carbons (Fsp3) is 0.615. The summed E-state index contributed by atoms with van der Waals surface area (Å²) in [7, 11) is 0. The Labute approximate surface area is 105 Å². The lowest BCUT2D eigenvalue weighted by atomic mass is 9.92. The predicted molar refractivity (Wildman–Crippen MR) is 68.1 cm³/mol. The van der Waals surface area contributed by atoms with E-state index in [-0.39, 0.29) is 6.10 Å². The lowest BCUT2D eigenvalue weighted by molar-refractivity contribution is 0.0948. The van der Waals surface area contributed by atoms with Crippen LogP contribution < -0.4 is 0 Å². The number of hydrogen-bond donors (Lipinski definition) is 1. The summed E-state index contributed by atoms with van der Waals surface area (Å²) in [6.45, 7) is 0. The number of hydrogen-bond acceptors (Lipinski definition) is 2. The van der Waals surface area contributed by atoms with E-state index in [9.17, 15) is 5.11 Å². The Hall–Kier alpha value is -0.410. The van der Waals surface area contributed by atoms with Gasteiger partial charge in [-0.15, -0.1) is 0 Å². The van der Waals surface area contributed by atoms with Crippen molar-refractivity contribution in [2.75, 3.05) is 0 Å². The number of aliphatic hydroxyl groups is 1. The summed E-state index contributed by atoms with van der Waals surface area (Å²) in [6.07, 6.45) is 8.78. The summed E-state index contributed by atoms with van der Waals surface area (Å²) in [5, 5.41) is 10.3. The van der Waals surface area contributed by atoms with Crippen LogP contribution >= 0.6 is 15.9 Å². The molecule has 1 unspecified atom stereocenters. The summed E-state index contributed by atoms with van der Waals surface area (Å²) >= 11 is 3.36. The minimum Gasteiger partial charge on any atom is -0.387 e. The number of pyridine rings is 1. The van der Waals surface area contributed by atoms with Crippen molar-refractivity contribution >= 4 is 15.9 Å². The molecule has 1 N–H and O–H groups in total. The maximum atomic E-state index is 10.3. The van der Waals surface area contributed by atoms with Crippen LogP contribution in [0.15, 0.2) is 22.8 Å². The summed E-state index contributed by atoms with van der Waals surface area (Å²) in [5.74, 6) is 0.399. The molecule has 88 valence electrons. The Morgan fingerprint density at radius 2 is 1.88 bits per heavy atom. The zero-order chi connectivity index (χ0) is 11.4. The predicted octanol–water partition coefficient (Wildman–Crippen LogP) is 3.85. The molecular formula is C13H18BrNO. The van der Waals surface area contributed by atoms with Gasteiger partial charge in [0.25, 0.3) is 0 Å². The van der Waals surface area contributed by atoms with Gasteiger partial charge in [-0.25, -0.2) is 0 Å². The van der Waals surface area contributed by atoms with Crippen LogP contribution in [0.3, 0.4) is 0 Å². The second-order valence-corrected chi connectivity index (χ2v) is 5.51. The van der Waals surface area contributed by atoms with E-state index >= 15 is 0 Å². The van der Waals surface area contributed by atoms with Gasteiger partial charge in [-0.3, -0.25) is 4.98 Å². The molecule has 1 aliphatic rings. The van der Waals surface area contributed by atoms with Gasteiger partial charge in [-0.1, -0.05) is 25.7 Å². The Kier molecular flexibility index (Phi) is 4.36. The molecule has 0 aliphatic heterocycles. The molecule has 0 saturated heterocycles. The van der Waals surface area contributed by atoms with E-state index in [2.05, 4.69) is 20.9 Å². The highest BCUT2D eigenvalue weighted by Crippen LogP contribution is 2.32. The van der Waals surface area contributed by atoms with E-state index in [1.165, 1.54) is 25.7 Å². The molecule has 0 aromatic carbocycles. The molecule has 16 heavy (non-hydrogen) atoms. The Morgan fingerprint density at radius 1 is 1.19 bits per heavy atom. The largest absolute Gasteiger partial charge is 0.387 e. The van der Waals surface area contributed by atoms with Gasteiger partial charge in [0.1, 0.15) is 0 Å². The third-order valence-electron chi connectivity index (χ3n) is 3.40. The highest BCUT2D eigenvalue weighted by atomic mass is 79.9. The van der Waals surface area contributed by atoms with Crippen molar-refractivity contribution in [3.63, 3.8) is 0 Å². The third kappa shape index (κ3) is 3.05. The van der Waals surface area contributed by atoms with E-state index in [4.69, 9.17) is 0 Å². The highest BCUT2D eigenvalue weighted by Gasteiger charge is 2.22. The molecule has 1 atom stereocenters. The summed E-state index contributed by atoms with van der Waals surface area (Å²) in [5.41, 5.74) is 0.815. The van der Waals surface area contributed by atoms with Crippen molar-refractivity contribution < 1.29 is 5.11 Å². The van der Waals surface area contributed by atoms with Crippen LogP contribution in [0.5, 0.6) is 0 Å². The first-order valence-corrected chi connectivity index (χ1v) is 6.86. The van der Waals surface area contributed by atoms with Gasteiger partial charge in [-0.2, -0.15) is 0 Å². The SMILES string of the molecule is OC(c1ccc(Br)cn1)C1CCCCCC1. The van der Waals surface area contributed by atoms with Crippen LogP contribution in [-0.2, 0) is 0 Å².